The highest BCUT2D eigenvalue weighted by Gasteiger charge is 2.32. The molecule has 0 aliphatic carbocycles. The van der Waals surface area contributed by atoms with Crippen LogP contribution in [0.5, 0.6) is 11.5 Å². The van der Waals surface area contributed by atoms with Crippen LogP contribution in [0.1, 0.15) is 24.5 Å². The Morgan fingerprint density at radius 3 is 2.14 bits per heavy atom. The van der Waals surface area contributed by atoms with E-state index in [1.165, 1.54) is 30.3 Å². The summed E-state index contributed by atoms with van der Waals surface area (Å²) in [6.45, 7) is 2.19. The van der Waals surface area contributed by atoms with Crippen LogP contribution in [0.2, 0.25) is 0 Å². The standard InChI is InChI=1S/C28H21F7O2/c1-2-11-36-20-14-23(30)26(24(31)15-20)19-8-9-21-18(13-19)7-6-17(27(21)32)5-3-16-4-10-25(22(29)12-16)37-28(33,34)35/h4,6-10,12-15H,2-3,5,11H2,1H3. The van der Waals surface area contributed by atoms with Gasteiger partial charge in [0.25, 0.3) is 0 Å². The minimum absolute atomic E-state index is 0.0828. The van der Waals surface area contributed by atoms with Crippen molar-refractivity contribution in [3.05, 3.63) is 95.1 Å². The molecule has 4 aromatic rings. The van der Waals surface area contributed by atoms with E-state index in [0.29, 0.717) is 29.5 Å². The van der Waals surface area contributed by atoms with Crippen molar-refractivity contribution in [1.82, 2.24) is 0 Å². The molecular formula is C28H21F7O2. The van der Waals surface area contributed by atoms with Gasteiger partial charge < -0.3 is 9.47 Å². The lowest BCUT2D eigenvalue weighted by Gasteiger charge is -2.12. The number of benzene rings is 4. The van der Waals surface area contributed by atoms with Crippen molar-refractivity contribution in [2.75, 3.05) is 6.61 Å². The van der Waals surface area contributed by atoms with E-state index in [-0.39, 0.29) is 35.1 Å². The Kier molecular flexibility index (Phi) is 7.61. The maximum Gasteiger partial charge on any atom is 0.573 e. The van der Waals surface area contributed by atoms with Gasteiger partial charge in [0.15, 0.2) is 11.6 Å². The number of rotatable bonds is 8. The Labute approximate surface area is 208 Å². The Bertz CT molecular complexity index is 1410. The second-order valence-electron chi connectivity index (χ2n) is 8.40. The molecule has 0 aliphatic heterocycles. The van der Waals surface area contributed by atoms with E-state index in [4.69, 9.17) is 4.74 Å². The van der Waals surface area contributed by atoms with Crippen LogP contribution in [0.4, 0.5) is 30.7 Å². The minimum atomic E-state index is -5.01. The fourth-order valence-electron chi connectivity index (χ4n) is 4.00. The lowest BCUT2D eigenvalue weighted by Crippen LogP contribution is -2.18. The number of hydrogen-bond donors (Lipinski definition) is 0. The molecule has 0 unspecified atom stereocenters. The summed E-state index contributed by atoms with van der Waals surface area (Å²) in [5, 5.41) is 0.647. The molecule has 0 heterocycles. The first-order valence-corrected chi connectivity index (χ1v) is 11.4. The quantitative estimate of drug-likeness (QED) is 0.216. The molecule has 4 aromatic carbocycles. The van der Waals surface area contributed by atoms with Crippen LogP contribution in [0, 0.1) is 23.3 Å². The third-order valence-corrected chi connectivity index (χ3v) is 5.72. The molecule has 0 amide bonds. The first-order chi connectivity index (χ1) is 17.6. The smallest absolute Gasteiger partial charge is 0.493 e. The largest absolute Gasteiger partial charge is 0.573 e. The molecule has 0 N–H and O–H groups in total. The van der Waals surface area contributed by atoms with Crippen molar-refractivity contribution in [1.29, 1.82) is 0 Å². The number of halogens is 7. The number of alkyl halides is 3. The predicted molar refractivity (Wildman–Crippen MR) is 126 cm³/mol. The third-order valence-electron chi connectivity index (χ3n) is 5.72. The lowest BCUT2D eigenvalue weighted by atomic mass is 9.96. The van der Waals surface area contributed by atoms with E-state index in [1.807, 2.05) is 6.92 Å². The molecule has 0 saturated carbocycles. The van der Waals surface area contributed by atoms with Gasteiger partial charge in [-0.1, -0.05) is 37.3 Å². The Morgan fingerprint density at radius 1 is 0.757 bits per heavy atom. The maximum atomic E-state index is 15.2. The Hall–Kier alpha value is -3.75. The molecule has 4 rings (SSSR count). The van der Waals surface area contributed by atoms with Gasteiger partial charge in [0, 0.05) is 17.5 Å². The van der Waals surface area contributed by atoms with E-state index >= 15 is 4.39 Å². The van der Waals surface area contributed by atoms with Gasteiger partial charge in [0.05, 0.1) is 12.2 Å². The molecule has 0 atom stereocenters. The van der Waals surface area contributed by atoms with Crippen molar-refractivity contribution in [2.45, 2.75) is 32.5 Å². The monoisotopic (exact) mass is 522 g/mol. The lowest BCUT2D eigenvalue weighted by molar-refractivity contribution is -0.275. The highest BCUT2D eigenvalue weighted by atomic mass is 19.4. The van der Waals surface area contributed by atoms with Crippen LogP contribution in [-0.2, 0) is 12.8 Å². The third kappa shape index (κ3) is 6.15. The first-order valence-electron chi connectivity index (χ1n) is 11.4. The van der Waals surface area contributed by atoms with Crippen molar-refractivity contribution in [3.8, 4) is 22.6 Å². The Morgan fingerprint density at radius 2 is 1.49 bits per heavy atom. The maximum absolute atomic E-state index is 15.2. The summed E-state index contributed by atoms with van der Waals surface area (Å²) >= 11 is 0. The van der Waals surface area contributed by atoms with Gasteiger partial charge in [-0.15, -0.1) is 13.2 Å². The van der Waals surface area contributed by atoms with Crippen LogP contribution < -0.4 is 9.47 Å². The zero-order valence-electron chi connectivity index (χ0n) is 19.6. The van der Waals surface area contributed by atoms with Gasteiger partial charge in [-0.3, -0.25) is 0 Å². The second kappa shape index (κ2) is 10.7. The first kappa shape index (κ1) is 26.3. The Balaban J connectivity index is 1.54. The molecule has 0 aliphatic rings. The molecule has 194 valence electrons. The van der Waals surface area contributed by atoms with E-state index < -0.39 is 35.4 Å². The highest BCUT2D eigenvalue weighted by molar-refractivity contribution is 5.88. The van der Waals surface area contributed by atoms with Crippen molar-refractivity contribution in [2.24, 2.45) is 0 Å². The van der Waals surface area contributed by atoms with Crippen molar-refractivity contribution >= 4 is 10.8 Å². The molecular weight excluding hydrogens is 501 g/mol. The number of hydrogen-bond acceptors (Lipinski definition) is 2. The van der Waals surface area contributed by atoms with Crippen LogP contribution in [0.3, 0.4) is 0 Å². The SMILES string of the molecule is CCCOc1cc(F)c(-c2ccc3c(F)c(CCc4ccc(OC(F)(F)F)c(F)c4)ccc3c2)c(F)c1. The summed E-state index contributed by atoms with van der Waals surface area (Å²) in [5.74, 6) is -4.20. The van der Waals surface area contributed by atoms with Crippen LogP contribution in [-0.4, -0.2) is 13.0 Å². The number of aryl methyl sites for hydroxylation is 2. The van der Waals surface area contributed by atoms with Crippen LogP contribution >= 0.6 is 0 Å². The summed E-state index contributed by atoms with van der Waals surface area (Å²) in [4.78, 5) is 0. The minimum Gasteiger partial charge on any atom is -0.493 e. The van der Waals surface area contributed by atoms with Crippen molar-refractivity contribution in [3.63, 3.8) is 0 Å². The van der Waals surface area contributed by atoms with E-state index in [9.17, 15) is 26.3 Å². The van der Waals surface area contributed by atoms with Crippen LogP contribution in [0.15, 0.2) is 60.7 Å². The van der Waals surface area contributed by atoms with Gasteiger partial charge in [-0.05, 0) is 59.5 Å². The van der Waals surface area contributed by atoms with E-state index in [1.54, 1.807) is 6.07 Å². The van der Waals surface area contributed by atoms with Gasteiger partial charge in [0.1, 0.15) is 23.2 Å². The van der Waals surface area contributed by atoms with Gasteiger partial charge in [0.2, 0.25) is 0 Å². The summed E-state index contributed by atoms with van der Waals surface area (Å²) in [6.07, 6.45) is -4.03. The number of fused-ring (bicyclic) bond motifs is 1. The van der Waals surface area contributed by atoms with E-state index in [2.05, 4.69) is 4.74 Å². The summed E-state index contributed by atoms with van der Waals surface area (Å²) in [7, 11) is 0. The van der Waals surface area contributed by atoms with E-state index in [0.717, 1.165) is 24.3 Å². The average molecular weight is 522 g/mol. The summed E-state index contributed by atoms with van der Waals surface area (Å²) < 4.78 is 104. The van der Waals surface area contributed by atoms with Gasteiger partial charge >= 0.3 is 6.36 Å². The molecule has 9 heteroatoms. The molecule has 37 heavy (non-hydrogen) atoms. The molecule has 0 fully saturated rings. The molecule has 0 saturated heterocycles. The predicted octanol–water partition coefficient (Wildman–Crippen LogP) is 8.54. The second-order valence-corrected chi connectivity index (χ2v) is 8.40. The fraction of sp³-hybridized carbons (Fsp3) is 0.214. The fourth-order valence-corrected chi connectivity index (χ4v) is 4.00. The summed E-state index contributed by atoms with van der Waals surface area (Å²) in [5.41, 5.74) is 0.633. The molecule has 2 nitrogen and oxygen atoms in total. The molecule has 0 radical (unpaired) electrons. The zero-order chi connectivity index (χ0) is 26.7. The number of ether oxygens (including phenoxy) is 2. The summed E-state index contributed by atoms with van der Waals surface area (Å²) in [6, 6.07) is 12.7. The average Bonchev–Trinajstić information content (AvgIpc) is 2.83. The normalized spacial score (nSPS) is 11.7. The highest BCUT2D eigenvalue weighted by Crippen LogP contribution is 2.33. The topological polar surface area (TPSA) is 18.5 Å². The molecule has 0 bridgehead atoms. The molecule has 0 aromatic heterocycles. The van der Waals surface area contributed by atoms with Crippen LogP contribution in [0.25, 0.3) is 21.9 Å². The van der Waals surface area contributed by atoms with Gasteiger partial charge in [-0.25, -0.2) is 17.6 Å². The van der Waals surface area contributed by atoms with Gasteiger partial charge in [-0.2, -0.15) is 0 Å². The van der Waals surface area contributed by atoms with Crippen molar-refractivity contribution < 1.29 is 40.2 Å². The zero-order valence-corrected chi connectivity index (χ0v) is 19.6. The molecule has 0 spiro atoms.